The maximum Gasteiger partial charge on any atom is 0.416 e. The van der Waals surface area contributed by atoms with E-state index in [2.05, 4.69) is 15.3 Å². The Labute approximate surface area is 172 Å². The van der Waals surface area contributed by atoms with Crippen molar-refractivity contribution >= 4 is 22.7 Å². The highest BCUT2D eigenvalue weighted by Gasteiger charge is 2.30. The monoisotopic (exact) mass is 417 g/mol. The van der Waals surface area contributed by atoms with E-state index in [0.717, 1.165) is 17.7 Å². The summed E-state index contributed by atoms with van der Waals surface area (Å²) in [6, 6.07) is 10.2. The zero-order valence-corrected chi connectivity index (χ0v) is 16.8. The van der Waals surface area contributed by atoms with Gasteiger partial charge in [0.2, 0.25) is 0 Å². The van der Waals surface area contributed by atoms with Crippen molar-refractivity contribution in [2.45, 2.75) is 45.3 Å². The summed E-state index contributed by atoms with van der Waals surface area (Å²) in [5, 5.41) is 12.9. The van der Waals surface area contributed by atoms with Gasteiger partial charge in [-0.25, -0.2) is 9.97 Å². The van der Waals surface area contributed by atoms with E-state index in [9.17, 15) is 18.0 Å². The largest absolute Gasteiger partial charge is 0.481 e. The lowest BCUT2D eigenvalue weighted by Crippen LogP contribution is -2.12. The molecule has 0 amide bonds. The van der Waals surface area contributed by atoms with Crippen LogP contribution in [0.2, 0.25) is 0 Å². The van der Waals surface area contributed by atoms with Crippen molar-refractivity contribution in [3.8, 4) is 0 Å². The third-order valence-electron chi connectivity index (χ3n) is 4.95. The molecule has 2 N–H and O–H groups in total. The molecule has 0 aliphatic carbocycles. The number of fused-ring (bicyclic) bond motifs is 1. The second kappa shape index (κ2) is 8.30. The van der Waals surface area contributed by atoms with Crippen LogP contribution in [0, 0.1) is 6.92 Å². The van der Waals surface area contributed by atoms with Crippen molar-refractivity contribution in [1.29, 1.82) is 0 Å². The quantitative estimate of drug-likeness (QED) is 0.537. The lowest BCUT2D eigenvalue weighted by atomic mass is 9.96. The number of carbonyl (C=O) groups is 1. The van der Waals surface area contributed by atoms with Crippen LogP contribution in [-0.4, -0.2) is 21.0 Å². The number of carboxylic acid groups (broad SMARTS) is 1. The van der Waals surface area contributed by atoms with Crippen molar-refractivity contribution in [3.05, 3.63) is 65.0 Å². The maximum atomic E-state index is 13.0. The smallest absolute Gasteiger partial charge is 0.416 e. The standard InChI is InChI=1S/C22H22F3N3O2/c1-12(9-20(29)30)15-7-8-19-18(11-15)21(28-14(3)27-19)26-13(2)16-5-4-6-17(10-16)22(23,24)25/h4-8,10-13H,9H2,1-3H3,(H,29,30)(H,26,27,28)/t12?,13-/m1/s1. The topological polar surface area (TPSA) is 75.1 Å². The predicted octanol–water partition coefficient (Wildman–Crippen LogP) is 5.71. The molecule has 1 aromatic heterocycles. The van der Waals surface area contributed by atoms with Crippen LogP contribution >= 0.6 is 0 Å². The number of hydrogen-bond acceptors (Lipinski definition) is 4. The van der Waals surface area contributed by atoms with Gasteiger partial charge >= 0.3 is 12.1 Å². The number of halogens is 3. The zero-order valence-electron chi connectivity index (χ0n) is 16.8. The van der Waals surface area contributed by atoms with Crippen LogP contribution < -0.4 is 5.32 Å². The third-order valence-corrected chi connectivity index (χ3v) is 4.95. The maximum absolute atomic E-state index is 13.0. The molecule has 3 rings (SSSR count). The highest BCUT2D eigenvalue weighted by Crippen LogP contribution is 2.32. The van der Waals surface area contributed by atoms with Crippen LogP contribution in [-0.2, 0) is 11.0 Å². The number of nitrogens with one attached hydrogen (secondary N) is 1. The van der Waals surface area contributed by atoms with Gasteiger partial charge in [-0.05, 0) is 55.2 Å². The number of alkyl halides is 3. The molecule has 1 heterocycles. The van der Waals surface area contributed by atoms with Gasteiger partial charge in [0.1, 0.15) is 11.6 Å². The first-order chi connectivity index (χ1) is 14.0. The van der Waals surface area contributed by atoms with E-state index in [0.29, 0.717) is 28.1 Å². The Kier molecular flexibility index (Phi) is 5.96. The van der Waals surface area contributed by atoms with Gasteiger partial charge in [-0.1, -0.05) is 25.1 Å². The van der Waals surface area contributed by atoms with Gasteiger partial charge in [0.25, 0.3) is 0 Å². The van der Waals surface area contributed by atoms with Crippen LogP contribution in [0.15, 0.2) is 42.5 Å². The number of aromatic nitrogens is 2. The molecule has 8 heteroatoms. The Hall–Kier alpha value is -3.16. The van der Waals surface area contributed by atoms with Crippen molar-refractivity contribution in [2.75, 3.05) is 5.32 Å². The van der Waals surface area contributed by atoms with Gasteiger partial charge in [0.05, 0.1) is 17.5 Å². The average Bonchev–Trinajstić information content (AvgIpc) is 2.66. The van der Waals surface area contributed by atoms with E-state index in [-0.39, 0.29) is 12.3 Å². The molecule has 0 fully saturated rings. The summed E-state index contributed by atoms with van der Waals surface area (Å²) < 4.78 is 39.1. The lowest BCUT2D eigenvalue weighted by Gasteiger charge is -2.19. The van der Waals surface area contributed by atoms with Gasteiger partial charge in [0, 0.05) is 11.4 Å². The molecule has 0 saturated carbocycles. The van der Waals surface area contributed by atoms with Crippen LogP contribution in [0.25, 0.3) is 10.9 Å². The number of carboxylic acids is 1. The number of benzene rings is 2. The zero-order chi connectivity index (χ0) is 22.1. The van der Waals surface area contributed by atoms with E-state index < -0.39 is 23.8 Å². The van der Waals surface area contributed by atoms with Crippen molar-refractivity contribution in [2.24, 2.45) is 0 Å². The van der Waals surface area contributed by atoms with E-state index in [4.69, 9.17) is 5.11 Å². The third kappa shape index (κ3) is 4.87. The van der Waals surface area contributed by atoms with Gasteiger partial charge in [0.15, 0.2) is 0 Å². The predicted molar refractivity (Wildman–Crippen MR) is 108 cm³/mol. The number of rotatable bonds is 6. The minimum Gasteiger partial charge on any atom is -0.481 e. The molecule has 2 aromatic carbocycles. The summed E-state index contributed by atoms with van der Waals surface area (Å²) in [7, 11) is 0. The van der Waals surface area contributed by atoms with E-state index in [1.54, 1.807) is 26.0 Å². The Morgan fingerprint density at radius 1 is 1.10 bits per heavy atom. The highest BCUT2D eigenvalue weighted by molar-refractivity contribution is 5.90. The molecule has 158 valence electrons. The molecule has 30 heavy (non-hydrogen) atoms. The van der Waals surface area contributed by atoms with Crippen LogP contribution in [0.5, 0.6) is 0 Å². The Balaban J connectivity index is 1.97. The molecule has 3 aromatic rings. The first-order valence-electron chi connectivity index (χ1n) is 9.48. The number of aryl methyl sites for hydroxylation is 1. The van der Waals surface area contributed by atoms with E-state index >= 15 is 0 Å². The number of aliphatic carboxylic acids is 1. The van der Waals surface area contributed by atoms with Crippen LogP contribution in [0.1, 0.15) is 54.7 Å². The average molecular weight is 417 g/mol. The van der Waals surface area contributed by atoms with Crippen LogP contribution in [0.4, 0.5) is 19.0 Å². The summed E-state index contributed by atoms with van der Waals surface area (Å²) in [5.41, 5.74) is 1.27. The van der Waals surface area contributed by atoms with E-state index in [1.807, 2.05) is 19.1 Å². The fraction of sp³-hybridized carbons (Fsp3) is 0.318. The van der Waals surface area contributed by atoms with Gasteiger partial charge in [-0.2, -0.15) is 13.2 Å². The van der Waals surface area contributed by atoms with Gasteiger partial charge in [-0.15, -0.1) is 0 Å². The van der Waals surface area contributed by atoms with E-state index in [1.165, 1.54) is 6.07 Å². The fourth-order valence-corrected chi connectivity index (χ4v) is 3.33. The van der Waals surface area contributed by atoms with Crippen LogP contribution in [0.3, 0.4) is 0 Å². The first-order valence-corrected chi connectivity index (χ1v) is 9.48. The Bertz CT molecular complexity index is 1080. The second-order valence-electron chi connectivity index (χ2n) is 7.38. The SMILES string of the molecule is Cc1nc(N[C@H](C)c2cccc(C(F)(F)F)c2)c2cc(C(C)CC(=O)O)ccc2n1. The second-order valence-corrected chi connectivity index (χ2v) is 7.38. The Morgan fingerprint density at radius 3 is 2.50 bits per heavy atom. The molecule has 0 saturated heterocycles. The summed E-state index contributed by atoms with van der Waals surface area (Å²) in [6.45, 7) is 5.32. The molecule has 0 radical (unpaired) electrons. The number of anilines is 1. The van der Waals surface area contributed by atoms with Gasteiger partial charge in [-0.3, -0.25) is 4.79 Å². The molecule has 0 aliphatic heterocycles. The summed E-state index contributed by atoms with van der Waals surface area (Å²) in [4.78, 5) is 19.9. The number of hydrogen-bond donors (Lipinski definition) is 2. The molecule has 5 nitrogen and oxygen atoms in total. The molecule has 0 spiro atoms. The first kappa shape index (κ1) is 21.5. The molecular weight excluding hydrogens is 395 g/mol. The fourth-order valence-electron chi connectivity index (χ4n) is 3.33. The molecule has 0 bridgehead atoms. The summed E-state index contributed by atoms with van der Waals surface area (Å²) in [5.74, 6) is -0.0828. The molecule has 0 aliphatic rings. The summed E-state index contributed by atoms with van der Waals surface area (Å²) >= 11 is 0. The van der Waals surface area contributed by atoms with Crippen molar-refractivity contribution in [1.82, 2.24) is 9.97 Å². The van der Waals surface area contributed by atoms with Gasteiger partial charge < -0.3 is 10.4 Å². The molecule has 1 unspecified atom stereocenters. The summed E-state index contributed by atoms with van der Waals surface area (Å²) in [6.07, 6.45) is -4.43. The molecular formula is C22H22F3N3O2. The minimum atomic E-state index is -4.41. The lowest BCUT2D eigenvalue weighted by molar-refractivity contribution is -0.138. The number of nitrogens with zero attached hydrogens (tertiary/aromatic N) is 2. The minimum absolute atomic E-state index is 0.0123. The Morgan fingerprint density at radius 2 is 1.83 bits per heavy atom. The molecule has 2 atom stereocenters. The van der Waals surface area contributed by atoms with Crippen molar-refractivity contribution < 1.29 is 23.1 Å². The van der Waals surface area contributed by atoms with Crippen molar-refractivity contribution in [3.63, 3.8) is 0 Å². The highest BCUT2D eigenvalue weighted by atomic mass is 19.4. The normalized spacial score (nSPS) is 13.8.